The first kappa shape index (κ1) is 22.1. The Morgan fingerprint density at radius 3 is 2.43 bits per heavy atom. The highest BCUT2D eigenvalue weighted by atomic mass is 16.6. The molecule has 3 aromatic carbocycles. The Morgan fingerprint density at radius 2 is 1.71 bits per heavy atom. The van der Waals surface area contributed by atoms with Gasteiger partial charge in [-0.1, -0.05) is 60.4 Å². The Bertz CT molecular complexity index is 1460. The zero-order valence-electron chi connectivity index (χ0n) is 18.7. The number of aromatic nitrogens is 1. The quantitative estimate of drug-likeness (QED) is 0.184. The first-order valence-electron chi connectivity index (χ1n) is 11.2. The number of carbonyl (C=O) groups excluding carboxylic acids is 1. The number of ether oxygens (including phenoxy) is 1. The average molecular weight is 463 g/mol. The summed E-state index contributed by atoms with van der Waals surface area (Å²) in [4.78, 5) is 27.3. The third-order valence-corrected chi connectivity index (χ3v) is 6.03. The highest BCUT2D eigenvalue weighted by Crippen LogP contribution is 2.44. The highest BCUT2D eigenvalue weighted by molar-refractivity contribution is 5.92. The minimum Gasteiger partial charge on any atom is -0.449 e. The van der Waals surface area contributed by atoms with Gasteiger partial charge in [-0.05, 0) is 40.5 Å². The maximum absolute atomic E-state index is 12.3. The van der Waals surface area contributed by atoms with E-state index in [9.17, 15) is 14.9 Å². The molecule has 0 spiro atoms. The second kappa shape index (κ2) is 9.65. The Labute approximate surface area is 201 Å². The average Bonchev–Trinajstić information content (AvgIpc) is 3.20. The van der Waals surface area contributed by atoms with Gasteiger partial charge in [-0.15, -0.1) is 0 Å². The zero-order chi connectivity index (χ0) is 24.2. The molecule has 7 heteroatoms. The smallest absolute Gasteiger partial charge is 0.407 e. The normalized spacial score (nSPS) is 11.8. The molecule has 0 saturated carbocycles. The number of pyridine rings is 1. The molecule has 0 saturated heterocycles. The number of nitro benzene ring substituents is 1. The summed E-state index contributed by atoms with van der Waals surface area (Å²) in [6.45, 7) is 0.577. The van der Waals surface area contributed by atoms with Gasteiger partial charge >= 0.3 is 6.09 Å². The van der Waals surface area contributed by atoms with Crippen LogP contribution in [0.25, 0.3) is 22.0 Å². The van der Waals surface area contributed by atoms with E-state index >= 15 is 0 Å². The van der Waals surface area contributed by atoms with E-state index in [0.29, 0.717) is 29.4 Å². The lowest BCUT2D eigenvalue weighted by molar-refractivity contribution is -0.383. The maximum Gasteiger partial charge on any atom is 0.407 e. The molecular formula is C28H21N3O4. The second-order valence-corrected chi connectivity index (χ2v) is 8.09. The lowest BCUT2D eigenvalue weighted by Crippen LogP contribution is -2.26. The van der Waals surface area contributed by atoms with Crippen LogP contribution in [0.2, 0.25) is 0 Å². The van der Waals surface area contributed by atoms with Crippen molar-refractivity contribution in [3.63, 3.8) is 0 Å². The van der Waals surface area contributed by atoms with E-state index < -0.39 is 11.0 Å². The van der Waals surface area contributed by atoms with Crippen molar-refractivity contribution in [2.45, 2.75) is 12.3 Å². The number of nitrogens with one attached hydrogen (secondary N) is 1. The zero-order valence-corrected chi connectivity index (χ0v) is 18.7. The van der Waals surface area contributed by atoms with Gasteiger partial charge in [-0.2, -0.15) is 0 Å². The van der Waals surface area contributed by atoms with E-state index in [0.717, 1.165) is 11.1 Å². The minimum absolute atomic E-state index is 0.00410. The van der Waals surface area contributed by atoms with E-state index in [1.807, 2.05) is 24.3 Å². The number of fused-ring (bicyclic) bond motifs is 4. The number of carbonyl (C=O) groups is 1. The molecule has 0 radical (unpaired) electrons. The van der Waals surface area contributed by atoms with Crippen LogP contribution in [0.15, 0.2) is 79.0 Å². The van der Waals surface area contributed by atoms with Crippen molar-refractivity contribution in [2.75, 3.05) is 13.2 Å². The number of amides is 1. The second-order valence-electron chi connectivity index (χ2n) is 8.09. The third kappa shape index (κ3) is 4.42. The van der Waals surface area contributed by atoms with Gasteiger partial charge in [0, 0.05) is 31.1 Å². The van der Waals surface area contributed by atoms with Crippen LogP contribution in [0.5, 0.6) is 0 Å². The molecule has 0 aliphatic heterocycles. The van der Waals surface area contributed by atoms with Crippen molar-refractivity contribution in [2.24, 2.45) is 0 Å². The third-order valence-electron chi connectivity index (χ3n) is 6.03. The molecule has 5 rings (SSSR count). The molecule has 1 N–H and O–H groups in total. The van der Waals surface area contributed by atoms with E-state index in [2.05, 4.69) is 46.4 Å². The summed E-state index contributed by atoms with van der Waals surface area (Å²) in [6, 6.07) is 22.7. The van der Waals surface area contributed by atoms with E-state index in [1.165, 1.54) is 17.2 Å². The summed E-state index contributed by atoms with van der Waals surface area (Å²) in [5.74, 6) is 6.00. The van der Waals surface area contributed by atoms with Crippen molar-refractivity contribution in [3.8, 4) is 23.0 Å². The molecular weight excluding hydrogens is 442 g/mol. The van der Waals surface area contributed by atoms with Gasteiger partial charge in [0.1, 0.15) is 6.61 Å². The molecule has 1 aliphatic rings. The summed E-state index contributed by atoms with van der Waals surface area (Å²) in [6.07, 6.45) is 1.49. The van der Waals surface area contributed by atoms with Gasteiger partial charge in [0.15, 0.2) is 0 Å². The Hall–Kier alpha value is -4.70. The molecule has 1 aromatic heterocycles. The summed E-state index contributed by atoms with van der Waals surface area (Å²) in [7, 11) is 0. The van der Waals surface area contributed by atoms with Crippen LogP contribution < -0.4 is 5.32 Å². The number of rotatable bonds is 5. The highest BCUT2D eigenvalue weighted by Gasteiger charge is 2.28. The van der Waals surface area contributed by atoms with Gasteiger partial charge in [0.2, 0.25) is 0 Å². The van der Waals surface area contributed by atoms with Crippen LogP contribution in [-0.2, 0) is 4.74 Å². The van der Waals surface area contributed by atoms with Crippen molar-refractivity contribution < 1.29 is 14.5 Å². The predicted octanol–water partition coefficient (Wildman–Crippen LogP) is 5.42. The van der Waals surface area contributed by atoms with Crippen LogP contribution >= 0.6 is 0 Å². The van der Waals surface area contributed by atoms with Gasteiger partial charge in [-0.3, -0.25) is 15.1 Å². The van der Waals surface area contributed by atoms with Crippen LogP contribution in [0.3, 0.4) is 0 Å². The SMILES string of the molecule is O=C(NCCC#Cc1ccc([N+](=O)[O-])c2cccnc12)OCC1c2ccccc2-c2ccccc21. The Morgan fingerprint density at radius 1 is 1.00 bits per heavy atom. The summed E-state index contributed by atoms with van der Waals surface area (Å²) >= 11 is 0. The number of nitrogens with zero attached hydrogens (tertiary/aromatic N) is 2. The first-order chi connectivity index (χ1) is 17.1. The van der Waals surface area contributed by atoms with Crippen LogP contribution in [0, 0.1) is 22.0 Å². The molecule has 0 unspecified atom stereocenters. The van der Waals surface area contributed by atoms with Crippen molar-refractivity contribution in [1.82, 2.24) is 10.3 Å². The molecule has 1 amide bonds. The maximum atomic E-state index is 12.3. The van der Waals surface area contributed by atoms with E-state index in [4.69, 9.17) is 4.74 Å². The Balaban J connectivity index is 1.17. The topological polar surface area (TPSA) is 94.4 Å². The van der Waals surface area contributed by atoms with E-state index in [-0.39, 0.29) is 18.2 Å². The minimum atomic E-state index is -0.490. The Kier molecular flexibility index (Phi) is 6.10. The molecule has 1 aliphatic carbocycles. The molecule has 0 bridgehead atoms. The molecule has 35 heavy (non-hydrogen) atoms. The molecule has 7 nitrogen and oxygen atoms in total. The predicted molar refractivity (Wildman–Crippen MR) is 133 cm³/mol. The first-order valence-corrected chi connectivity index (χ1v) is 11.2. The van der Waals surface area contributed by atoms with Gasteiger partial charge in [0.05, 0.1) is 21.4 Å². The largest absolute Gasteiger partial charge is 0.449 e. The van der Waals surface area contributed by atoms with Crippen molar-refractivity contribution in [3.05, 3.63) is 106 Å². The molecule has 0 fully saturated rings. The lowest BCUT2D eigenvalue weighted by Gasteiger charge is -2.14. The van der Waals surface area contributed by atoms with Crippen LogP contribution in [-0.4, -0.2) is 29.2 Å². The molecule has 1 heterocycles. The molecule has 0 atom stereocenters. The van der Waals surface area contributed by atoms with Crippen molar-refractivity contribution >= 4 is 22.7 Å². The number of hydrogen-bond donors (Lipinski definition) is 1. The van der Waals surface area contributed by atoms with Gasteiger partial charge in [-0.25, -0.2) is 4.79 Å². The fourth-order valence-corrected chi connectivity index (χ4v) is 4.45. The van der Waals surface area contributed by atoms with Crippen LogP contribution in [0.1, 0.15) is 29.0 Å². The standard InChI is InChI=1S/C28H21N3O4/c32-28(35-18-25-22-11-3-1-9-20(22)21-10-2-4-12-23(21)25)30-16-6-5-8-19-14-15-26(31(33)34)24-13-7-17-29-27(19)24/h1-4,7,9-15,17,25H,6,16,18H2,(H,30,32). The fraction of sp³-hybridized carbons (Fsp3) is 0.143. The number of non-ortho nitro benzene ring substituents is 1. The fourth-order valence-electron chi connectivity index (χ4n) is 4.45. The van der Waals surface area contributed by atoms with Gasteiger partial charge in [0.25, 0.3) is 5.69 Å². The lowest BCUT2D eigenvalue weighted by atomic mass is 9.98. The molecule has 172 valence electrons. The number of benzene rings is 3. The van der Waals surface area contributed by atoms with Crippen molar-refractivity contribution in [1.29, 1.82) is 0 Å². The number of nitro groups is 1. The number of alkyl carbamates (subject to hydrolysis) is 1. The van der Waals surface area contributed by atoms with Crippen LogP contribution in [0.4, 0.5) is 10.5 Å². The van der Waals surface area contributed by atoms with Gasteiger partial charge < -0.3 is 10.1 Å². The summed E-state index contributed by atoms with van der Waals surface area (Å²) in [5, 5.41) is 14.4. The summed E-state index contributed by atoms with van der Waals surface area (Å²) in [5.41, 5.74) is 5.77. The molecule has 4 aromatic rings. The monoisotopic (exact) mass is 463 g/mol. The number of hydrogen-bond acceptors (Lipinski definition) is 5. The van der Waals surface area contributed by atoms with E-state index in [1.54, 1.807) is 24.4 Å². The summed E-state index contributed by atoms with van der Waals surface area (Å²) < 4.78 is 5.53.